The molecule has 2 rings (SSSR count). The fraction of sp³-hybridized carbons (Fsp3) is 0.875. The minimum Gasteiger partial charge on any atom is -0.463 e. The first-order valence-corrected chi connectivity index (χ1v) is 4.45. The van der Waals surface area contributed by atoms with Gasteiger partial charge < -0.3 is 15.4 Å². The van der Waals surface area contributed by atoms with Gasteiger partial charge in [0.15, 0.2) is 0 Å². The second kappa shape index (κ2) is 2.62. The van der Waals surface area contributed by atoms with Gasteiger partial charge in [0.05, 0.1) is 0 Å². The average molecular weight is 169 g/mol. The molecule has 2 N–H and O–H groups in total. The summed E-state index contributed by atoms with van der Waals surface area (Å²) in [6, 6.07) is 0.368. The molecule has 0 bridgehead atoms. The highest BCUT2D eigenvalue weighted by atomic mass is 16.5. The van der Waals surface area contributed by atoms with E-state index in [1.54, 1.807) is 0 Å². The monoisotopic (exact) mass is 169 g/mol. The van der Waals surface area contributed by atoms with Crippen LogP contribution < -0.4 is 5.73 Å². The number of ether oxygens (including phenoxy) is 1. The molecular weight excluding hydrogens is 154 g/mol. The Morgan fingerprint density at radius 3 is 3.08 bits per heavy atom. The molecule has 0 amide bonds. The van der Waals surface area contributed by atoms with Crippen LogP contribution in [0.4, 0.5) is 0 Å². The third-order valence-corrected chi connectivity index (χ3v) is 2.69. The molecule has 0 aromatic carbocycles. The summed E-state index contributed by atoms with van der Waals surface area (Å²) in [4.78, 5) is 6.73. The van der Waals surface area contributed by atoms with Crippen molar-refractivity contribution in [1.29, 1.82) is 0 Å². The third kappa shape index (κ3) is 1.16. The minimum atomic E-state index is 0.0000926. The van der Waals surface area contributed by atoms with Crippen molar-refractivity contribution < 1.29 is 4.74 Å². The second-order valence-corrected chi connectivity index (χ2v) is 3.58. The van der Waals surface area contributed by atoms with Crippen LogP contribution >= 0.6 is 0 Å². The van der Waals surface area contributed by atoms with Gasteiger partial charge in [0.25, 0.3) is 6.02 Å². The minimum absolute atomic E-state index is 0.0000926. The molecule has 1 unspecified atom stereocenters. The predicted octanol–water partition coefficient (Wildman–Crippen LogP) is -0.204. The molecule has 4 nitrogen and oxygen atoms in total. The van der Waals surface area contributed by atoms with Gasteiger partial charge in [0, 0.05) is 13.1 Å². The van der Waals surface area contributed by atoms with Crippen molar-refractivity contribution in [3.8, 4) is 0 Å². The van der Waals surface area contributed by atoms with Gasteiger partial charge in [-0.25, -0.2) is 4.99 Å². The van der Waals surface area contributed by atoms with Gasteiger partial charge in [-0.1, -0.05) is 6.92 Å². The van der Waals surface area contributed by atoms with Gasteiger partial charge in [-0.15, -0.1) is 0 Å². The largest absolute Gasteiger partial charge is 0.463 e. The van der Waals surface area contributed by atoms with Crippen LogP contribution in [0.25, 0.3) is 0 Å². The number of nitrogens with zero attached hydrogens (tertiary/aromatic N) is 2. The van der Waals surface area contributed by atoms with Gasteiger partial charge in [-0.05, 0) is 13.0 Å². The maximum absolute atomic E-state index is 5.49. The van der Waals surface area contributed by atoms with Gasteiger partial charge in [-0.2, -0.15) is 0 Å². The zero-order valence-electron chi connectivity index (χ0n) is 7.42. The molecule has 0 aromatic heterocycles. The molecule has 1 spiro atoms. The van der Waals surface area contributed by atoms with E-state index in [0.717, 1.165) is 26.1 Å². The van der Waals surface area contributed by atoms with E-state index in [4.69, 9.17) is 10.5 Å². The van der Waals surface area contributed by atoms with Crippen LogP contribution in [0, 0.1) is 0 Å². The normalized spacial score (nSPS) is 35.6. The van der Waals surface area contributed by atoms with E-state index in [1.807, 2.05) is 0 Å². The summed E-state index contributed by atoms with van der Waals surface area (Å²) in [5.41, 5.74) is 5.49. The molecule has 2 aliphatic heterocycles. The third-order valence-electron chi connectivity index (χ3n) is 2.69. The number of rotatable bonds is 1. The molecule has 1 fully saturated rings. The molecule has 0 radical (unpaired) electrons. The molecule has 68 valence electrons. The Hall–Kier alpha value is -0.770. The summed E-state index contributed by atoms with van der Waals surface area (Å²) < 4.78 is 5.18. The zero-order valence-corrected chi connectivity index (χ0v) is 7.42. The van der Waals surface area contributed by atoms with Crippen LogP contribution in [0.5, 0.6) is 0 Å². The van der Waals surface area contributed by atoms with Crippen LogP contribution in [0.3, 0.4) is 0 Å². The summed E-state index contributed by atoms with van der Waals surface area (Å²) in [7, 11) is 0. The topological polar surface area (TPSA) is 50.9 Å². The van der Waals surface area contributed by atoms with E-state index in [9.17, 15) is 0 Å². The predicted molar refractivity (Wildman–Crippen MR) is 47.0 cm³/mol. The van der Waals surface area contributed by atoms with E-state index < -0.39 is 0 Å². The highest BCUT2D eigenvalue weighted by Gasteiger charge is 2.41. The van der Waals surface area contributed by atoms with Crippen molar-refractivity contribution in [2.75, 3.05) is 26.2 Å². The van der Waals surface area contributed by atoms with Crippen LogP contribution in [0.15, 0.2) is 4.99 Å². The zero-order chi connectivity index (χ0) is 8.60. The van der Waals surface area contributed by atoms with E-state index in [-0.39, 0.29) is 5.54 Å². The smallest absolute Gasteiger partial charge is 0.282 e. The fourth-order valence-electron chi connectivity index (χ4n) is 1.93. The lowest BCUT2D eigenvalue weighted by atomic mass is 10.0. The second-order valence-electron chi connectivity index (χ2n) is 3.58. The number of hydrogen-bond donors (Lipinski definition) is 1. The number of nitrogens with two attached hydrogens (primary N) is 1. The highest BCUT2D eigenvalue weighted by Crippen LogP contribution is 2.28. The van der Waals surface area contributed by atoms with Crippen molar-refractivity contribution in [1.82, 2.24) is 4.90 Å². The molecule has 12 heavy (non-hydrogen) atoms. The highest BCUT2D eigenvalue weighted by molar-refractivity contribution is 5.73. The Labute approximate surface area is 72.4 Å². The van der Waals surface area contributed by atoms with E-state index in [1.165, 1.54) is 0 Å². The average Bonchev–Trinajstić information content (AvgIpc) is 2.61. The lowest BCUT2D eigenvalue weighted by molar-refractivity contribution is 0.245. The van der Waals surface area contributed by atoms with E-state index in [0.29, 0.717) is 12.6 Å². The van der Waals surface area contributed by atoms with Crippen LogP contribution in [0.2, 0.25) is 0 Å². The number of hydrogen-bond acceptors (Lipinski definition) is 4. The lowest BCUT2D eigenvalue weighted by Crippen LogP contribution is -2.32. The van der Waals surface area contributed by atoms with E-state index in [2.05, 4.69) is 16.8 Å². The van der Waals surface area contributed by atoms with Crippen LogP contribution in [-0.2, 0) is 4.74 Å². The molecule has 4 heteroatoms. The maximum Gasteiger partial charge on any atom is 0.282 e. The molecular formula is C8H15N3O. The molecule has 0 aliphatic carbocycles. The standard InChI is InChI=1S/C8H15N3O/c1-2-11-4-3-8(5-11)6-12-7(9)10-8/h2-6H2,1H3,(H2,9,10). The van der Waals surface area contributed by atoms with Crippen molar-refractivity contribution in [2.45, 2.75) is 18.9 Å². The van der Waals surface area contributed by atoms with Gasteiger partial charge in [0.2, 0.25) is 0 Å². The van der Waals surface area contributed by atoms with Crippen molar-refractivity contribution >= 4 is 6.02 Å². The van der Waals surface area contributed by atoms with Crippen molar-refractivity contribution in [3.05, 3.63) is 0 Å². The van der Waals surface area contributed by atoms with Crippen LogP contribution in [-0.4, -0.2) is 42.7 Å². The van der Waals surface area contributed by atoms with Gasteiger partial charge >= 0.3 is 0 Å². The quantitative estimate of drug-likeness (QED) is 0.591. The maximum atomic E-state index is 5.49. The molecule has 0 saturated carbocycles. The Balaban J connectivity index is 2.06. The molecule has 1 atom stereocenters. The fourth-order valence-corrected chi connectivity index (χ4v) is 1.93. The Morgan fingerprint density at radius 1 is 1.75 bits per heavy atom. The SMILES string of the molecule is CCN1CCC2(COC(N)=N2)C1. The lowest BCUT2D eigenvalue weighted by Gasteiger charge is -2.17. The Morgan fingerprint density at radius 2 is 2.58 bits per heavy atom. The molecule has 2 aliphatic rings. The summed E-state index contributed by atoms with van der Waals surface area (Å²) in [6.45, 7) is 6.06. The number of aliphatic imine (C=N–C) groups is 1. The van der Waals surface area contributed by atoms with Crippen LogP contribution in [0.1, 0.15) is 13.3 Å². The number of amidine groups is 1. The van der Waals surface area contributed by atoms with E-state index >= 15 is 0 Å². The van der Waals surface area contributed by atoms with Crippen molar-refractivity contribution in [2.24, 2.45) is 10.7 Å². The molecule has 1 saturated heterocycles. The number of likely N-dealkylation sites (N-methyl/N-ethyl adjacent to an activating group) is 1. The first-order chi connectivity index (χ1) is 5.74. The van der Waals surface area contributed by atoms with Gasteiger partial charge in [-0.3, -0.25) is 0 Å². The van der Waals surface area contributed by atoms with Crippen molar-refractivity contribution in [3.63, 3.8) is 0 Å². The van der Waals surface area contributed by atoms with Gasteiger partial charge in [0.1, 0.15) is 12.1 Å². The molecule has 2 heterocycles. The summed E-state index contributed by atoms with van der Waals surface area (Å²) >= 11 is 0. The first-order valence-electron chi connectivity index (χ1n) is 4.45. The summed E-state index contributed by atoms with van der Waals surface area (Å²) in [6.07, 6.45) is 1.08. The summed E-state index contributed by atoms with van der Waals surface area (Å²) in [5, 5.41) is 0. The number of likely N-dealkylation sites (tertiary alicyclic amines) is 1. The Bertz CT molecular complexity index is 216. The summed E-state index contributed by atoms with van der Waals surface area (Å²) in [5.74, 6) is 0. The molecule has 0 aromatic rings. The first kappa shape index (κ1) is 7.86. The Kier molecular flexibility index (Phi) is 1.72.